The van der Waals surface area contributed by atoms with Gasteiger partial charge in [-0.25, -0.2) is 0 Å². The van der Waals surface area contributed by atoms with Gasteiger partial charge >= 0.3 is 0 Å². The smallest absolute Gasteiger partial charge is 0.150 e. The first-order valence-corrected chi connectivity index (χ1v) is 5.06. The van der Waals surface area contributed by atoms with Crippen molar-refractivity contribution in [3.8, 4) is 0 Å². The van der Waals surface area contributed by atoms with E-state index in [-0.39, 0.29) is 5.84 Å². The zero-order valence-corrected chi connectivity index (χ0v) is 9.01. The van der Waals surface area contributed by atoms with Crippen LogP contribution in [0.25, 0.3) is 5.70 Å². The number of hydrogen-bond donors (Lipinski definition) is 4. The van der Waals surface area contributed by atoms with Crippen molar-refractivity contribution in [3.05, 3.63) is 53.9 Å². The Hall–Kier alpha value is -2.40. The predicted molar refractivity (Wildman–Crippen MR) is 66.9 cm³/mol. The highest BCUT2D eigenvalue weighted by molar-refractivity contribution is 6.00. The van der Waals surface area contributed by atoms with Crippen molar-refractivity contribution in [2.45, 2.75) is 0 Å². The topological polar surface area (TPSA) is 80.5 Å². The number of hydrogen-bond acceptors (Lipinski definition) is 4. The normalized spacial score (nSPS) is 13.6. The summed E-state index contributed by atoms with van der Waals surface area (Å²) >= 11 is 0. The summed E-state index contributed by atoms with van der Waals surface area (Å²) < 4.78 is 0. The Morgan fingerprint density at radius 2 is 2.18 bits per heavy atom. The Labute approximate surface area is 98.7 Å². The molecule has 5 heteroatoms. The first-order valence-electron chi connectivity index (χ1n) is 5.06. The van der Waals surface area contributed by atoms with Gasteiger partial charge in [0.1, 0.15) is 5.84 Å². The van der Waals surface area contributed by atoms with Crippen LogP contribution in [0.3, 0.4) is 0 Å². The molecule has 4 N–H and O–H groups in total. The number of amidine groups is 1. The molecule has 0 saturated heterocycles. The highest BCUT2D eigenvalue weighted by atomic mass is 16.5. The van der Waals surface area contributed by atoms with E-state index in [9.17, 15) is 0 Å². The van der Waals surface area contributed by atoms with Crippen LogP contribution in [-0.2, 0) is 0 Å². The van der Waals surface area contributed by atoms with Gasteiger partial charge in [-0.2, -0.15) is 0 Å². The molecule has 0 aliphatic carbocycles. The van der Waals surface area contributed by atoms with E-state index < -0.39 is 0 Å². The summed E-state index contributed by atoms with van der Waals surface area (Å²) in [5.41, 5.74) is 4.01. The lowest BCUT2D eigenvalue weighted by Crippen LogP contribution is -2.21. The minimum Gasteiger partial charge on any atom is -0.360 e. The van der Waals surface area contributed by atoms with Crippen molar-refractivity contribution in [1.82, 2.24) is 10.8 Å². The molecule has 86 valence electrons. The third-order valence-electron chi connectivity index (χ3n) is 2.31. The second-order valence-electron chi connectivity index (χ2n) is 3.38. The molecule has 0 saturated carbocycles. The summed E-state index contributed by atoms with van der Waals surface area (Å²) in [5.74, 6) is -0.0551. The highest BCUT2D eigenvalue weighted by Gasteiger charge is 2.10. The van der Waals surface area contributed by atoms with Crippen molar-refractivity contribution < 1.29 is 5.21 Å². The van der Waals surface area contributed by atoms with Gasteiger partial charge in [-0.3, -0.25) is 21.1 Å². The van der Waals surface area contributed by atoms with Crippen molar-refractivity contribution >= 4 is 17.7 Å². The summed E-state index contributed by atoms with van der Waals surface area (Å²) in [7, 11) is 0. The molecule has 0 spiro atoms. The second-order valence-corrected chi connectivity index (χ2v) is 3.38. The van der Waals surface area contributed by atoms with Gasteiger partial charge in [-0.05, 0) is 6.08 Å². The first-order chi connectivity index (χ1) is 8.33. The van der Waals surface area contributed by atoms with E-state index >= 15 is 0 Å². The van der Waals surface area contributed by atoms with Crippen LogP contribution in [0.4, 0.5) is 0 Å². The van der Waals surface area contributed by atoms with Crippen LogP contribution in [0, 0.1) is 5.41 Å². The third kappa shape index (κ3) is 2.40. The van der Waals surface area contributed by atoms with Gasteiger partial charge in [0, 0.05) is 23.5 Å². The number of nitrogens with one attached hydrogen (secondary N) is 3. The van der Waals surface area contributed by atoms with Gasteiger partial charge in [0.25, 0.3) is 0 Å². The van der Waals surface area contributed by atoms with E-state index in [1.807, 2.05) is 17.6 Å². The highest BCUT2D eigenvalue weighted by Crippen LogP contribution is 2.17. The van der Waals surface area contributed by atoms with Crippen molar-refractivity contribution in [3.63, 3.8) is 0 Å². The molecule has 0 fully saturated rings. The van der Waals surface area contributed by atoms with Crippen LogP contribution in [-0.4, -0.2) is 17.3 Å². The molecule has 17 heavy (non-hydrogen) atoms. The Balaban J connectivity index is 2.44. The molecule has 1 aliphatic heterocycles. The standard InChI is InChI=1S/C12H12N4O/c13-12(16-17)10-5-2-1-4-9(10)11-8-14-6-3-7-15-11/h1-8,15,17H,(H2,13,16). The van der Waals surface area contributed by atoms with Gasteiger partial charge in [-0.1, -0.05) is 24.3 Å². The van der Waals surface area contributed by atoms with Gasteiger partial charge in [0.15, 0.2) is 0 Å². The van der Waals surface area contributed by atoms with Crippen molar-refractivity contribution in [1.29, 1.82) is 5.41 Å². The fourth-order valence-corrected chi connectivity index (χ4v) is 1.53. The molecule has 0 unspecified atom stereocenters. The number of nitrogens with zero attached hydrogens (tertiary/aromatic N) is 1. The maximum atomic E-state index is 8.81. The third-order valence-corrected chi connectivity index (χ3v) is 2.31. The molecule has 1 heterocycles. The average molecular weight is 228 g/mol. The van der Waals surface area contributed by atoms with Crippen molar-refractivity contribution in [2.75, 3.05) is 0 Å². The monoisotopic (exact) mass is 228 g/mol. The number of aliphatic imine (C=N–C) groups is 1. The average Bonchev–Trinajstić information content (AvgIpc) is 2.66. The molecule has 0 bridgehead atoms. The lowest BCUT2D eigenvalue weighted by Gasteiger charge is -2.11. The minimum atomic E-state index is -0.0551. The molecule has 1 aliphatic rings. The lowest BCUT2D eigenvalue weighted by molar-refractivity contribution is 0.234. The fraction of sp³-hybridized carbons (Fsp3) is 0. The van der Waals surface area contributed by atoms with Crippen LogP contribution in [0.5, 0.6) is 0 Å². The predicted octanol–water partition coefficient (Wildman–Crippen LogP) is 1.48. The Kier molecular flexibility index (Phi) is 3.32. The molecular weight excluding hydrogens is 216 g/mol. The fourth-order valence-electron chi connectivity index (χ4n) is 1.53. The summed E-state index contributed by atoms with van der Waals surface area (Å²) in [6.45, 7) is 0. The Morgan fingerprint density at radius 1 is 1.35 bits per heavy atom. The minimum absolute atomic E-state index is 0.0551. The van der Waals surface area contributed by atoms with Crippen LogP contribution < -0.4 is 10.8 Å². The number of hydroxylamine groups is 1. The van der Waals surface area contributed by atoms with E-state index in [1.165, 1.54) is 0 Å². The summed E-state index contributed by atoms with van der Waals surface area (Å²) in [5, 5.41) is 19.5. The maximum absolute atomic E-state index is 8.81. The molecule has 0 radical (unpaired) electrons. The molecule has 1 aromatic rings. The van der Waals surface area contributed by atoms with Crippen molar-refractivity contribution in [2.24, 2.45) is 4.99 Å². The van der Waals surface area contributed by atoms with Crippen LogP contribution in [0.2, 0.25) is 0 Å². The van der Waals surface area contributed by atoms with Gasteiger partial charge in [-0.15, -0.1) is 0 Å². The first kappa shape index (κ1) is 11.1. The Bertz CT molecular complexity index is 517. The molecule has 0 atom stereocenters. The van der Waals surface area contributed by atoms with Crippen LogP contribution in [0.1, 0.15) is 11.1 Å². The molecule has 0 amide bonds. The quantitative estimate of drug-likeness (QED) is 0.351. The Morgan fingerprint density at radius 3 is 3.00 bits per heavy atom. The van der Waals surface area contributed by atoms with E-state index in [2.05, 4.69) is 10.3 Å². The summed E-state index contributed by atoms with van der Waals surface area (Å²) in [6.07, 6.45) is 6.87. The van der Waals surface area contributed by atoms with Crippen LogP contribution in [0.15, 0.2) is 47.7 Å². The number of allylic oxidation sites excluding steroid dienone is 1. The molecule has 1 aromatic carbocycles. The SMILES string of the molecule is N=C(NO)c1ccccc1C1=CN=CC=CN1. The molecule has 0 aromatic heterocycles. The van der Waals surface area contributed by atoms with Crippen LogP contribution >= 0.6 is 0 Å². The van der Waals surface area contributed by atoms with E-state index in [0.717, 1.165) is 11.3 Å². The second kappa shape index (κ2) is 5.09. The van der Waals surface area contributed by atoms with Gasteiger partial charge < -0.3 is 5.32 Å². The number of benzene rings is 1. The number of rotatable bonds is 2. The molecule has 5 nitrogen and oxygen atoms in total. The zero-order chi connectivity index (χ0) is 12.1. The molecular formula is C12H12N4O. The van der Waals surface area contributed by atoms with E-state index in [1.54, 1.807) is 36.8 Å². The summed E-state index contributed by atoms with van der Waals surface area (Å²) in [6, 6.07) is 7.28. The van der Waals surface area contributed by atoms with E-state index in [4.69, 9.17) is 10.6 Å². The zero-order valence-electron chi connectivity index (χ0n) is 9.01. The van der Waals surface area contributed by atoms with E-state index in [0.29, 0.717) is 5.56 Å². The lowest BCUT2D eigenvalue weighted by atomic mass is 10.0. The maximum Gasteiger partial charge on any atom is 0.150 e. The van der Waals surface area contributed by atoms with Gasteiger partial charge in [0.2, 0.25) is 0 Å². The summed E-state index contributed by atoms with van der Waals surface area (Å²) in [4.78, 5) is 4.07. The van der Waals surface area contributed by atoms with Gasteiger partial charge in [0.05, 0.1) is 11.9 Å². The largest absolute Gasteiger partial charge is 0.360 e. The molecule has 2 rings (SSSR count).